The van der Waals surface area contributed by atoms with Gasteiger partial charge in [0.2, 0.25) is 17.7 Å². The lowest BCUT2D eigenvalue weighted by Crippen LogP contribution is -2.64. The number of nitrogens with one attached hydrogen (secondary N) is 2. The summed E-state index contributed by atoms with van der Waals surface area (Å²) >= 11 is 12.2. The number of hydrogen-bond acceptors (Lipinski definition) is 7. The molecule has 4 unspecified atom stereocenters. The molecule has 2 fully saturated rings. The van der Waals surface area contributed by atoms with Gasteiger partial charge in [0.15, 0.2) is 11.7 Å². The monoisotopic (exact) mass is 511 g/mol. The summed E-state index contributed by atoms with van der Waals surface area (Å²) in [5.41, 5.74) is 0.679. The largest absolute Gasteiger partial charge is 0.436 e. The van der Waals surface area contributed by atoms with Crippen LogP contribution in [0.2, 0.25) is 10.0 Å². The average molecular weight is 512 g/mol. The maximum atomic E-state index is 13.3. The number of aliphatic hydroxyl groups excluding tert-OH is 1. The van der Waals surface area contributed by atoms with E-state index in [1.54, 1.807) is 20.0 Å². The standard InChI is InChI=1S/C22H27Cl2N5O5/c1-3-13(18(31)21-27-15-10-11(23)9-12(24)19(15)34-21)26-20(32)16-5-4-8-28-17(30)7-6-14(25-2)22(33)29(16)28/h9-10,13-14,16,18,25,31H,3-8H2,1-2H3,(H,26,32). The van der Waals surface area contributed by atoms with Crippen molar-refractivity contribution in [1.29, 1.82) is 0 Å². The number of likely N-dealkylation sites (N-methyl/N-ethyl adjacent to an activating group) is 1. The molecule has 2 aliphatic rings. The summed E-state index contributed by atoms with van der Waals surface area (Å²) in [5.74, 6) is -0.955. The maximum absolute atomic E-state index is 13.3. The molecule has 2 aliphatic heterocycles. The Bertz CT molecular complexity index is 1110. The summed E-state index contributed by atoms with van der Waals surface area (Å²) in [5, 5.41) is 20.0. The second kappa shape index (κ2) is 10.1. The number of halogens is 2. The highest BCUT2D eigenvalue weighted by atomic mass is 35.5. The number of aliphatic hydroxyl groups is 1. The Morgan fingerprint density at radius 1 is 1.32 bits per heavy atom. The minimum Gasteiger partial charge on any atom is -0.436 e. The molecule has 2 saturated heterocycles. The number of hydrazine groups is 1. The van der Waals surface area contributed by atoms with Gasteiger partial charge in [-0.05, 0) is 44.9 Å². The van der Waals surface area contributed by atoms with Crippen molar-refractivity contribution in [3.63, 3.8) is 0 Å². The maximum Gasteiger partial charge on any atom is 0.259 e. The smallest absolute Gasteiger partial charge is 0.259 e. The average Bonchev–Trinajstić information content (AvgIpc) is 3.20. The predicted octanol–water partition coefficient (Wildman–Crippen LogP) is 2.18. The molecule has 3 N–H and O–H groups in total. The van der Waals surface area contributed by atoms with Gasteiger partial charge >= 0.3 is 0 Å². The Hall–Kier alpha value is -2.40. The van der Waals surface area contributed by atoms with E-state index >= 15 is 0 Å². The van der Waals surface area contributed by atoms with E-state index < -0.39 is 30.1 Å². The van der Waals surface area contributed by atoms with Gasteiger partial charge in [-0.25, -0.2) is 9.99 Å². The molecule has 2 aromatic rings. The number of nitrogens with zero attached hydrogens (tertiary/aromatic N) is 3. The number of benzene rings is 1. The number of aromatic nitrogens is 1. The molecule has 3 heterocycles. The van der Waals surface area contributed by atoms with Crippen LogP contribution in [0.4, 0.5) is 0 Å². The van der Waals surface area contributed by atoms with Crippen LogP contribution in [0.3, 0.4) is 0 Å². The third kappa shape index (κ3) is 4.59. The highest BCUT2D eigenvalue weighted by molar-refractivity contribution is 6.37. The zero-order valence-corrected chi connectivity index (χ0v) is 20.4. The van der Waals surface area contributed by atoms with Crippen molar-refractivity contribution in [2.45, 2.75) is 63.3 Å². The summed E-state index contributed by atoms with van der Waals surface area (Å²) in [6, 6.07) is 0.920. The number of rotatable bonds is 6. The van der Waals surface area contributed by atoms with Crippen LogP contribution in [0.25, 0.3) is 11.1 Å². The van der Waals surface area contributed by atoms with Gasteiger partial charge < -0.3 is 20.2 Å². The van der Waals surface area contributed by atoms with E-state index in [2.05, 4.69) is 15.6 Å². The fourth-order valence-corrected chi connectivity index (χ4v) is 5.02. The van der Waals surface area contributed by atoms with Crippen LogP contribution in [0.15, 0.2) is 16.5 Å². The highest BCUT2D eigenvalue weighted by Crippen LogP contribution is 2.31. The number of fused-ring (bicyclic) bond motifs is 2. The third-order valence-electron chi connectivity index (χ3n) is 6.34. The fourth-order valence-electron chi connectivity index (χ4n) is 4.50. The lowest BCUT2D eigenvalue weighted by Gasteiger charge is -2.43. The molecular formula is C22H27Cl2N5O5. The van der Waals surface area contributed by atoms with Crippen LogP contribution in [-0.2, 0) is 14.4 Å². The number of oxazole rings is 1. The molecule has 34 heavy (non-hydrogen) atoms. The van der Waals surface area contributed by atoms with Gasteiger partial charge in [-0.3, -0.25) is 19.4 Å². The summed E-state index contributed by atoms with van der Waals surface area (Å²) in [7, 11) is 1.66. The van der Waals surface area contributed by atoms with Gasteiger partial charge in [0.05, 0.1) is 17.1 Å². The lowest BCUT2D eigenvalue weighted by atomic mass is 10.0. The van der Waals surface area contributed by atoms with Crippen LogP contribution >= 0.6 is 23.2 Å². The summed E-state index contributed by atoms with van der Waals surface area (Å²) in [4.78, 5) is 43.4. The van der Waals surface area contributed by atoms with E-state index in [1.165, 1.54) is 16.1 Å². The van der Waals surface area contributed by atoms with Crippen molar-refractivity contribution in [2.75, 3.05) is 13.6 Å². The summed E-state index contributed by atoms with van der Waals surface area (Å²) < 4.78 is 5.66. The van der Waals surface area contributed by atoms with Crippen LogP contribution in [0, 0.1) is 0 Å². The second-order valence-electron chi connectivity index (χ2n) is 8.49. The normalized spacial score (nSPS) is 23.0. The van der Waals surface area contributed by atoms with Gasteiger partial charge in [-0.1, -0.05) is 30.1 Å². The van der Waals surface area contributed by atoms with E-state index in [-0.39, 0.29) is 34.7 Å². The van der Waals surface area contributed by atoms with Crippen molar-refractivity contribution in [3.8, 4) is 0 Å². The van der Waals surface area contributed by atoms with Gasteiger partial charge in [-0.2, -0.15) is 0 Å². The van der Waals surface area contributed by atoms with Crippen molar-refractivity contribution in [3.05, 3.63) is 28.1 Å². The molecule has 3 amide bonds. The number of amides is 3. The predicted molar refractivity (Wildman–Crippen MR) is 125 cm³/mol. The van der Waals surface area contributed by atoms with Crippen molar-refractivity contribution < 1.29 is 23.9 Å². The van der Waals surface area contributed by atoms with E-state index in [0.29, 0.717) is 42.8 Å². The summed E-state index contributed by atoms with van der Waals surface area (Å²) in [6.07, 6.45) is 0.687. The zero-order chi connectivity index (χ0) is 24.6. The number of carbonyl (C=O) groups excluding carboxylic acids is 3. The van der Waals surface area contributed by atoms with E-state index in [0.717, 1.165) is 0 Å². The van der Waals surface area contributed by atoms with Crippen LogP contribution in [0.1, 0.15) is 51.0 Å². The molecule has 0 aliphatic carbocycles. The minimum atomic E-state index is -1.26. The third-order valence-corrected chi connectivity index (χ3v) is 6.84. The number of hydrogen-bond donors (Lipinski definition) is 3. The van der Waals surface area contributed by atoms with Crippen molar-refractivity contribution >= 4 is 52.0 Å². The van der Waals surface area contributed by atoms with Crippen molar-refractivity contribution in [1.82, 2.24) is 25.6 Å². The quantitative estimate of drug-likeness (QED) is 0.541. The fraction of sp³-hybridized carbons (Fsp3) is 0.545. The van der Waals surface area contributed by atoms with Gasteiger partial charge in [0.1, 0.15) is 11.6 Å². The highest BCUT2D eigenvalue weighted by Gasteiger charge is 2.44. The molecule has 4 rings (SSSR count). The Morgan fingerprint density at radius 2 is 2.09 bits per heavy atom. The first-order valence-corrected chi connectivity index (χ1v) is 12.0. The molecule has 10 nitrogen and oxygen atoms in total. The molecule has 4 atom stereocenters. The first-order chi connectivity index (χ1) is 16.2. The van der Waals surface area contributed by atoms with Crippen LogP contribution in [-0.4, -0.2) is 69.5 Å². The second-order valence-corrected chi connectivity index (χ2v) is 9.34. The van der Waals surface area contributed by atoms with Gasteiger partial charge in [0.25, 0.3) is 5.91 Å². The molecule has 0 bridgehead atoms. The first-order valence-electron chi connectivity index (χ1n) is 11.3. The number of carbonyl (C=O) groups is 3. The Balaban J connectivity index is 1.55. The Kier molecular flexibility index (Phi) is 7.32. The Labute approximate surface area is 206 Å². The Morgan fingerprint density at radius 3 is 2.79 bits per heavy atom. The molecular weight excluding hydrogens is 485 g/mol. The van der Waals surface area contributed by atoms with Gasteiger partial charge in [-0.15, -0.1) is 0 Å². The minimum absolute atomic E-state index is 0.00661. The van der Waals surface area contributed by atoms with Gasteiger partial charge in [0, 0.05) is 18.0 Å². The van der Waals surface area contributed by atoms with Crippen LogP contribution in [0.5, 0.6) is 0 Å². The summed E-state index contributed by atoms with van der Waals surface area (Å²) in [6.45, 7) is 2.18. The van der Waals surface area contributed by atoms with E-state index in [4.69, 9.17) is 27.6 Å². The SMILES string of the molecule is CCC(NC(=O)C1CCCN2C(=O)CCC(NC)C(=O)N12)C(O)c1nc2cc(Cl)cc(Cl)c2o1. The molecule has 0 radical (unpaired) electrons. The van der Waals surface area contributed by atoms with Crippen LogP contribution < -0.4 is 10.6 Å². The molecule has 184 valence electrons. The topological polar surface area (TPSA) is 128 Å². The molecule has 12 heteroatoms. The van der Waals surface area contributed by atoms with E-state index in [1.807, 2.05) is 0 Å². The zero-order valence-electron chi connectivity index (χ0n) is 18.9. The van der Waals surface area contributed by atoms with E-state index in [9.17, 15) is 19.5 Å². The first kappa shape index (κ1) is 24.7. The van der Waals surface area contributed by atoms with Crippen molar-refractivity contribution in [2.24, 2.45) is 0 Å². The lowest BCUT2D eigenvalue weighted by molar-refractivity contribution is -0.176. The molecule has 0 saturated carbocycles. The molecule has 1 aromatic carbocycles. The molecule has 0 spiro atoms. The molecule has 1 aromatic heterocycles.